The Balaban J connectivity index is 2.31. The molecule has 4 heteroatoms. The molecule has 0 radical (unpaired) electrons. The topological polar surface area (TPSA) is 58.4 Å². The summed E-state index contributed by atoms with van der Waals surface area (Å²) in [7, 11) is 1.79. The molecule has 1 aliphatic rings. The molecule has 0 aromatic rings. The summed E-state index contributed by atoms with van der Waals surface area (Å²) in [6.45, 7) is 6.43. The van der Waals surface area contributed by atoms with Gasteiger partial charge in [-0.3, -0.25) is 4.79 Å². The monoisotopic (exact) mass is 227 g/mol. The predicted octanol–water partition coefficient (Wildman–Crippen LogP) is 0.714. The molecule has 94 valence electrons. The van der Waals surface area contributed by atoms with Gasteiger partial charge in [-0.2, -0.15) is 0 Å². The standard InChI is InChI=1S/C12H25N3O/c1-10-6-4-8-15(10)9-5-7-12(2,14-3)11(13)16/h10,14H,4-9H2,1-3H3,(H2,13,16). The van der Waals surface area contributed by atoms with Crippen LogP contribution in [0.25, 0.3) is 0 Å². The summed E-state index contributed by atoms with van der Waals surface area (Å²) in [5.74, 6) is -0.260. The van der Waals surface area contributed by atoms with Crippen LogP contribution >= 0.6 is 0 Å². The molecule has 0 bridgehead atoms. The number of primary amides is 1. The molecule has 0 aromatic carbocycles. The largest absolute Gasteiger partial charge is 0.368 e. The second kappa shape index (κ2) is 5.64. The van der Waals surface area contributed by atoms with Crippen molar-refractivity contribution in [3.8, 4) is 0 Å². The second-order valence-corrected chi connectivity index (χ2v) is 5.08. The van der Waals surface area contributed by atoms with Gasteiger partial charge < -0.3 is 16.0 Å². The minimum atomic E-state index is -0.553. The summed E-state index contributed by atoms with van der Waals surface area (Å²) >= 11 is 0. The first kappa shape index (κ1) is 13.5. The molecule has 3 N–H and O–H groups in total. The molecule has 0 aliphatic carbocycles. The van der Waals surface area contributed by atoms with E-state index in [0.717, 1.165) is 19.4 Å². The van der Waals surface area contributed by atoms with E-state index in [2.05, 4.69) is 17.1 Å². The summed E-state index contributed by atoms with van der Waals surface area (Å²) in [6.07, 6.45) is 4.44. The Bertz CT molecular complexity index is 244. The Kier molecular flexibility index (Phi) is 4.74. The molecule has 1 saturated heterocycles. The number of nitrogens with one attached hydrogen (secondary N) is 1. The molecular formula is C12H25N3O. The Morgan fingerprint density at radius 3 is 2.75 bits per heavy atom. The summed E-state index contributed by atoms with van der Waals surface area (Å²) < 4.78 is 0. The van der Waals surface area contributed by atoms with Crippen molar-refractivity contribution < 1.29 is 4.79 Å². The van der Waals surface area contributed by atoms with Crippen molar-refractivity contribution in [2.24, 2.45) is 5.73 Å². The Hall–Kier alpha value is -0.610. The molecule has 1 aliphatic heterocycles. The molecule has 1 amide bonds. The van der Waals surface area contributed by atoms with E-state index in [4.69, 9.17) is 5.73 Å². The number of carbonyl (C=O) groups excluding carboxylic acids is 1. The first-order valence-corrected chi connectivity index (χ1v) is 6.22. The van der Waals surface area contributed by atoms with E-state index in [1.807, 2.05) is 6.92 Å². The van der Waals surface area contributed by atoms with E-state index in [1.165, 1.54) is 19.4 Å². The molecule has 0 saturated carbocycles. The first-order chi connectivity index (χ1) is 7.49. The Morgan fingerprint density at radius 2 is 2.31 bits per heavy atom. The van der Waals surface area contributed by atoms with E-state index < -0.39 is 5.54 Å². The average Bonchev–Trinajstić information content (AvgIpc) is 2.64. The van der Waals surface area contributed by atoms with Crippen LogP contribution < -0.4 is 11.1 Å². The smallest absolute Gasteiger partial charge is 0.237 e. The van der Waals surface area contributed by atoms with Gasteiger partial charge in [0.2, 0.25) is 5.91 Å². The lowest BCUT2D eigenvalue weighted by molar-refractivity contribution is -0.123. The third-order valence-corrected chi connectivity index (χ3v) is 3.91. The van der Waals surface area contributed by atoms with Gasteiger partial charge in [-0.05, 0) is 59.7 Å². The molecule has 0 aromatic heterocycles. The number of likely N-dealkylation sites (tertiary alicyclic amines) is 1. The van der Waals surface area contributed by atoms with Crippen molar-refractivity contribution in [2.75, 3.05) is 20.1 Å². The van der Waals surface area contributed by atoms with Crippen molar-refractivity contribution in [1.29, 1.82) is 0 Å². The number of nitrogens with zero attached hydrogens (tertiary/aromatic N) is 1. The Labute approximate surface area is 98.6 Å². The van der Waals surface area contributed by atoms with Gasteiger partial charge in [0.25, 0.3) is 0 Å². The molecule has 1 rings (SSSR count). The van der Waals surface area contributed by atoms with Crippen LogP contribution in [0.15, 0.2) is 0 Å². The fraction of sp³-hybridized carbons (Fsp3) is 0.917. The van der Waals surface area contributed by atoms with E-state index in [0.29, 0.717) is 6.04 Å². The van der Waals surface area contributed by atoms with Gasteiger partial charge in [0, 0.05) is 6.04 Å². The minimum absolute atomic E-state index is 0.260. The van der Waals surface area contributed by atoms with Crippen molar-refractivity contribution in [2.45, 2.75) is 51.1 Å². The third kappa shape index (κ3) is 3.19. The van der Waals surface area contributed by atoms with E-state index >= 15 is 0 Å². The predicted molar refractivity (Wildman–Crippen MR) is 66.2 cm³/mol. The lowest BCUT2D eigenvalue weighted by Gasteiger charge is -2.27. The fourth-order valence-electron chi connectivity index (χ4n) is 2.33. The maximum atomic E-state index is 11.3. The normalized spacial score (nSPS) is 25.6. The molecule has 1 fully saturated rings. The van der Waals surface area contributed by atoms with Gasteiger partial charge in [0.1, 0.15) is 0 Å². The third-order valence-electron chi connectivity index (χ3n) is 3.91. The van der Waals surface area contributed by atoms with Crippen LogP contribution in [0.3, 0.4) is 0 Å². The number of hydrogen-bond donors (Lipinski definition) is 2. The number of hydrogen-bond acceptors (Lipinski definition) is 3. The quantitative estimate of drug-likeness (QED) is 0.703. The van der Waals surface area contributed by atoms with Gasteiger partial charge in [-0.25, -0.2) is 0 Å². The van der Waals surface area contributed by atoms with E-state index in [-0.39, 0.29) is 5.91 Å². The number of amides is 1. The highest BCUT2D eigenvalue weighted by Crippen LogP contribution is 2.18. The molecule has 1 heterocycles. The van der Waals surface area contributed by atoms with Crippen LogP contribution in [0.2, 0.25) is 0 Å². The number of likely N-dealkylation sites (N-methyl/N-ethyl adjacent to an activating group) is 1. The van der Waals surface area contributed by atoms with Crippen LogP contribution in [0.1, 0.15) is 39.5 Å². The van der Waals surface area contributed by atoms with Gasteiger partial charge in [0.15, 0.2) is 0 Å². The van der Waals surface area contributed by atoms with Crippen LogP contribution in [0.5, 0.6) is 0 Å². The van der Waals surface area contributed by atoms with Crippen LogP contribution in [-0.2, 0) is 4.79 Å². The summed E-state index contributed by atoms with van der Waals surface area (Å²) in [5, 5.41) is 3.02. The SMILES string of the molecule is CNC(C)(CCCN1CCCC1C)C(N)=O. The number of rotatable bonds is 6. The summed E-state index contributed by atoms with van der Waals surface area (Å²) in [5.41, 5.74) is 4.84. The zero-order valence-electron chi connectivity index (χ0n) is 10.8. The highest BCUT2D eigenvalue weighted by atomic mass is 16.1. The van der Waals surface area contributed by atoms with Crippen LogP contribution in [0, 0.1) is 0 Å². The van der Waals surface area contributed by atoms with Gasteiger partial charge in [-0.15, -0.1) is 0 Å². The zero-order valence-corrected chi connectivity index (χ0v) is 10.8. The molecule has 2 atom stereocenters. The molecular weight excluding hydrogens is 202 g/mol. The van der Waals surface area contributed by atoms with Crippen molar-refractivity contribution >= 4 is 5.91 Å². The maximum absolute atomic E-state index is 11.3. The molecule has 4 nitrogen and oxygen atoms in total. The first-order valence-electron chi connectivity index (χ1n) is 6.22. The lowest BCUT2D eigenvalue weighted by Crippen LogP contribution is -2.51. The Morgan fingerprint density at radius 1 is 1.62 bits per heavy atom. The minimum Gasteiger partial charge on any atom is -0.368 e. The highest BCUT2D eigenvalue weighted by molar-refractivity contribution is 5.84. The number of nitrogens with two attached hydrogens (primary N) is 1. The summed E-state index contributed by atoms with van der Waals surface area (Å²) in [4.78, 5) is 13.8. The van der Waals surface area contributed by atoms with Crippen molar-refractivity contribution in [3.63, 3.8) is 0 Å². The fourth-order valence-corrected chi connectivity index (χ4v) is 2.33. The summed E-state index contributed by atoms with van der Waals surface area (Å²) in [6, 6.07) is 0.703. The molecule has 16 heavy (non-hydrogen) atoms. The lowest BCUT2D eigenvalue weighted by atomic mass is 9.95. The van der Waals surface area contributed by atoms with Crippen molar-refractivity contribution in [1.82, 2.24) is 10.2 Å². The van der Waals surface area contributed by atoms with Gasteiger partial charge in [-0.1, -0.05) is 0 Å². The van der Waals surface area contributed by atoms with E-state index in [1.54, 1.807) is 7.05 Å². The maximum Gasteiger partial charge on any atom is 0.237 e. The number of carbonyl (C=O) groups is 1. The van der Waals surface area contributed by atoms with Crippen LogP contribution in [-0.4, -0.2) is 42.5 Å². The van der Waals surface area contributed by atoms with Gasteiger partial charge >= 0.3 is 0 Å². The van der Waals surface area contributed by atoms with Crippen LogP contribution in [0.4, 0.5) is 0 Å². The average molecular weight is 227 g/mol. The van der Waals surface area contributed by atoms with E-state index in [9.17, 15) is 4.79 Å². The van der Waals surface area contributed by atoms with Gasteiger partial charge in [0.05, 0.1) is 5.54 Å². The molecule has 0 spiro atoms. The second-order valence-electron chi connectivity index (χ2n) is 5.08. The molecule has 2 unspecified atom stereocenters. The zero-order chi connectivity index (χ0) is 12.2. The van der Waals surface area contributed by atoms with Crippen molar-refractivity contribution in [3.05, 3.63) is 0 Å². The highest BCUT2D eigenvalue weighted by Gasteiger charge is 2.29.